The van der Waals surface area contributed by atoms with Crippen molar-refractivity contribution in [3.63, 3.8) is 0 Å². The zero-order chi connectivity index (χ0) is 17.8. The first-order chi connectivity index (χ1) is 12.8. The van der Waals surface area contributed by atoms with E-state index in [4.69, 9.17) is 4.42 Å². The van der Waals surface area contributed by atoms with Crippen molar-refractivity contribution in [2.24, 2.45) is 0 Å². The number of anilines is 1. The van der Waals surface area contributed by atoms with Crippen LogP contribution in [-0.4, -0.2) is 44.4 Å². The Morgan fingerprint density at radius 3 is 2.81 bits per heavy atom. The van der Waals surface area contributed by atoms with Gasteiger partial charge in [-0.05, 0) is 43.5 Å². The summed E-state index contributed by atoms with van der Waals surface area (Å²) in [5.41, 5.74) is 0.617. The fourth-order valence-corrected chi connectivity index (χ4v) is 3.94. The first-order valence-corrected chi connectivity index (χ1v) is 9.80. The van der Waals surface area contributed by atoms with Gasteiger partial charge in [0.05, 0.1) is 24.3 Å². The van der Waals surface area contributed by atoms with Gasteiger partial charge in [0.1, 0.15) is 5.76 Å². The second kappa shape index (κ2) is 7.82. The molecule has 1 saturated heterocycles. The maximum atomic E-state index is 12.3. The average Bonchev–Trinajstić information content (AvgIpc) is 3.43. The highest BCUT2D eigenvalue weighted by Gasteiger charge is 2.22. The second-order valence-electron chi connectivity index (χ2n) is 6.29. The number of hydrogen-bond donors (Lipinski definition) is 1. The predicted molar refractivity (Wildman–Crippen MR) is 99.7 cm³/mol. The fourth-order valence-electron chi connectivity index (χ4n) is 3.12. The standard InChI is InChI=1S/C18H21N5O2S/c24-16(15-7-4-8-19-15)13-26-18-21-20-17(22-9-2-1-3-10-22)23(18)12-14-6-5-11-25-14/h4-8,11,19H,1-3,9-10,12-13H2. The van der Waals surface area contributed by atoms with Crippen LogP contribution in [-0.2, 0) is 6.54 Å². The summed E-state index contributed by atoms with van der Waals surface area (Å²) in [5.74, 6) is 2.07. The van der Waals surface area contributed by atoms with Gasteiger partial charge in [-0.25, -0.2) is 0 Å². The highest BCUT2D eigenvalue weighted by Crippen LogP contribution is 2.26. The van der Waals surface area contributed by atoms with Crippen molar-refractivity contribution in [3.8, 4) is 0 Å². The Morgan fingerprint density at radius 1 is 1.19 bits per heavy atom. The fraction of sp³-hybridized carbons (Fsp3) is 0.389. The molecule has 0 bridgehead atoms. The molecule has 1 aliphatic rings. The first-order valence-electron chi connectivity index (χ1n) is 8.81. The minimum atomic E-state index is 0.0482. The lowest BCUT2D eigenvalue weighted by Gasteiger charge is -2.27. The first kappa shape index (κ1) is 17.0. The van der Waals surface area contributed by atoms with Gasteiger partial charge in [-0.3, -0.25) is 9.36 Å². The number of nitrogens with one attached hydrogen (secondary N) is 1. The monoisotopic (exact) mass is 371 g/mol. The minimum Gasteiger partial charge on any atom is -0.467 e. The zero-order valence-electron chi connectivity index (χ0n) is 14.4. The molecule has 7 nitrogen and oxygen atoms in total. The molecule has 0 saturated carbocycles. The van der Waals surface area contributed by atoms with Crippen LogP contribution in [0.25, 0.3) is 0 Å². The van der Waals surface area contributed by atoms with Gasteiger partial charge in [0.15, 0.2) is 10.9 Å². The van der Waals surface area contributed by atoms with Crippen molar-refractivity contribution in [3.05, 3.63) is 48.2 Å². The Balaban J connectivity index is 1.54. The van der Waals surface area contributed by atoms with Crippen LogP contribution in [0.4, 0.5) is 5.95 Å². The van der Waals surface area contributed by atoms with E-state index in [0.29, 0.717) is 18.0 Å². The Kier molecular flexibility index (Phi) is 5.10. The molecule has 1 N–H and O–H groups in total. The van der Waals surface area contributed by atoms with Crippen molar-refractivity contribution in [2.45, 2.75) is 31.0 Å². The quantitative estimate of drug-likeness (QED) is 0.507. The highest BCUT2D eigenvalue weighted by molar-refractivity contribution is 7.99. The second-order valence-corrected chi connectivity index (χ2v) is 7.23. The van der Waals surface area contributed by atoms with E-state index in [1.165, 1.54) is 31.0 Å². The van der Waals surface area contributed by atoms with Crippen LogP contribution in [0.3, 0.4) is 0 Å². The van der Waals surface area contributed by atoms with Gasteiger partial charge in [-0.15, -0.1) is 10.2 Å². The van der Waals surface area contributed by atoms with E-state index in [1.807, 2.05) is 18.2 Å². The maximum absolute atomic E-state index is 12.3. The molecular weight excluding hydrogens is 350 g/mol. The molecule has 0 atom stereocenters. The molecule has 0 aliphatic carbocycles. The summed E-state index contributed by atoms with van der Waals surface area (Å²) in [6, 6.07) is 7.43. The van der Waals surface area contributed by atoms with Crippen molar-refractivity contribution < 1.29 is 9.21 Å². The van der Waals surface area contributed by atoms with E-state index >= 15 is 0 Å². The third-order valence-corrected chi connectivity index (χ3v) is 5.43. The highest BCUT2D eigenvalue weighted by atomic mass is 32.2. The third kappa shape index (κ3) is 3.70. The lowest BCUT2D eigenvalue weighted by atomic mass is 10.1. The molecule has 3 aromatic heterocycles. The van der Waals surface area contributed by atoms with Crippen LogP contribution < -0.4 is 4.90 Å². The van der Waals surface area contributed by atoms with Crippen molar-refractivity contribution in [1.82, 2.24) is 19.7 Å². The number of H-pyrrole nitrogens is 1. The number of ketones is 1. The summed E-state index contributed by atoms with van der Waals surface area (Å²) in [5, 5.41) is 9.51. The van der Waals surface area contributed by atoms with Gasteiger partial charge in [-0.1, -0.05) is 11.8 Å². The van der Waals surface area contributed by atoms with Crippen LogP contribution in [0.2, 0.25) is 0 Å². The maximum Gasteiger partial charge on any atom is 0.228 e. The molecule has 0 radical (unpaired) electrons. The SMILES string of the molecule is O=C(CSc1nnc(N2CCCCC2)n1Cc1ccco1)c1ccc[nH]1. The van der Waals surface area contributed by atoms with E-state index < -0.39 is 0 Å². The summed E-state index contributed by atoms with van der Waals surface area (Å²) < 4.78 is 7.56. The van der Waals surface area contributed by atoms with Gasteiger partial charge in [0, 0.05) is 19.3 Å². The molecule has 0 spiro atoms. The van der Waals surface area contributed by atoms with Crippen molar-refractivity contribution in [1.29, 1.82) is 0 Å². The van der Waals surface area contributed by atoms with Gasteiger partial charge in [-0.2, -0.15) is 0 Å². The average molecular weight is 371 g/mol. The van der Waals surface area contributed by atoms with Gasteiger partial charge in [0.2, 0.25) is 5.95 Å². The summed E-state index contributed by atoms with van der Waals surface area (Å²) in [6.45, 7) is 2.54. The molecule has 1 aliphatic heterocycles. The van der Waals surface area contributed by atoms with E-state index in [1.54, 1.807) is 18.5 Å². The summed E-state index contributed by atoms with van der Waals surface area (Å²) in [6.07, 6.45) is 7.02. The van der Waals surface area contributed by atoms with Crippen LogP contribution in [0, 0.1) is 0 Å². The number of piperidine rings is 1. The Labute approximate surface area is 155 Å². The molecule has 4 heterocycles. The largest absolute Gasteiger partial charge is 0.467 e. The van der Waals surface area contributed by atoms with Gasteiger partial charge < -0.3 is 14.3 Å². The molecule has 26 heavy (non-hydrogen) atoms. The Morgan fingerprint density at radius 2 is 2.08 bits per heavy atom. The third-order valence-electron chi connectivity index (χ3n) is 4.46. The minimum absolute atomic E-state index is 0.0482. The van der Waals surface area contributed by atoms with Crippen LogP contribution in [0.5, 0.6) is 0 Å². The number of hydrogen-bond acceptors (Lipinski definition) is 6. The van der Waals surface area contributed by atoms with Gasteiger partial charge >= 0.3 is 0 Å². The molecular formula is C18H21N5O2S. The zero-order valence-corrected chi connectivity index (χ0v) is 15.2. The number of aromatic amines is 1. The van der Waals surface area contributed by atoms with E-state index in [2.05, 4.69) is 24.6 Å². The predicted octanol–water partition coefficient (Wildman–Crippen LogP) is 3.21. The molecule has 0 amide bonds. The number of carbonyl (C=O) groups is 1. The normalized spacial score (nSPS) is 14.7. The van der Waals surface area contributed by atoms with Crippen LogP contribution in [0.1, 0.15) is 35.5 Å². The number of thioether (sulfide) groups is 1. The number of rotatable bonds is 7. The number of carbonyl (C=O) groups excluding carboxylic acids is 1. The van der Waals surface area contributed by atoms with Crippen molar-refractivity contribution >= 4 is 23.5 Å². The lowest BCUT2D eigenvalue weighted by Crippen LogP contribution is -2.32. The summed E-state index contributed by atoms with van der Waals surface area (Å²) >= 11 is 1.41. The van der Waals surface area contributed by atoms with E-state index in [-0.39, 0.29) is 5.78 Å². The number of nitrogens with zero attached hydrogens (tertiary/aromatic N) is 4. The Hall–Kier alpha value is -2.48. The van der Waals surface area contributed by atoms with Crippen LogP contribution in [0.15, 0.2) is 46.3 Å². The molecule has 0 aromatic carbocycles. The topological polar surface area (TPSA) is 79.9 Å². The molecule has 8 heteroatoms. The summed E-state index contributed by atoms with van der Waals surface area (Å²) in [7, 11) is 0. The lowest BCUT2D eigenvalue weighted by molar-refractivity contribution is 0.101. The number of Topliss-reactive ketones (excluding diaryl/α,β-unsaturated/α-hetero) is 1. The molecule has 4 rings (SSSR count). The van der Waals surface area contributed by atoms with E-state index in [9.17, 15) is 4.79 Å². The number of furan rings is 1. The van der Waals surface area contributed by atoms with Crippen molar-refractivity contribution in [2.75, 3.05) is 23.7 Å². The molecule has 0 unspecified atom stereocenters. The van der Waals surface area contributed by atoms with Crippen LogP contribution >= 0.6 is 11.8 Å². The molecule has 136 valence electrons. The Bertz CT molecular complexity index is 835. The number of aromatic nitrogens is 4. The van der Waals surface area contributed by atoms with E-state index in [0.717, 1.165) is 30.0 Å². The smallest absolute Gasteiger partial charge is 0.228 e. The van der Waals surface area contributed by atoms with Gasteiger partial charge in [0.25, 0.3) is 0 Å². The molecule has 1 fully saturated rings. The molecule has 3 aromatic rings. The summed E-state index contributed by atoms with van der Waals surface area (Å²) in [4.78, 5) is 17.5.